The molecule has 6 nitrogen and oxygen atoms in total. The van der Waals surface area contributed by atoms with Crippen LogP contribution in [0.15, 0.2) is 36.4 Å². The minimum Gasteiger partial charge on any atom is -0.342 e. The molecule has 0 bridgehead atoms. The van der Waals surface area contributed by atoms with Crippen LogP contribution in [-0.4, -0.2) is 34.2 Å². The first-order valence-corrected chi connectivity index (χ1v) is 8.67. The first kappa shape index (κ1) is 17.2. The second kappa shape index (κ2) is 7.09. The predicted octanol–water partition coefficient (Wildman–Crippen LogP) is 2.37. The van der Waals surface area contributed by atoms with E-state index in [0.717, 1.165) is 23.5 Å². The van der Waals surface area contributed by atoms with Crippen LogP contribution >= 0.6 is 0 Å². The van der Waals surface area contributed by atoms with Crippen molar-refractivity contribution in [1.29, 1.82) is 0 Å². The van der Waals surface area contributed by atoms with E-state index in [4.69, 9.17) is 0 Å². The molecule has 25 heavy (non-hydrogen) atoms. The molecule has 1 aliphatic rings. The quantitative estimate of drug-likeness (QED) is 0.929. The zero-order chi connectivity index (χ0) is 18.0. The number of anilines is 1. The van der Waals surface area contributed by atoms with E-state index in [1.165, 1.54) is 0 Å². The van der Waals surface area contributed by atoms with E-state index in [0.29, 0.717) is 13.0 Å². The Morgan fingerprint density at radius 3 is 2.64 bits per heavy atom. The number of rotatable bonds is 4. The molecule has 0 saturated carbocycles. The number of aromatic nitrogens is 2. The van der Waals surface area contributed by atoms with Crippen molar-refractivity contribution >= 4 is 17.5 Å². The van der Waals surface area contributed by atoms with Crippen LogP contribution in [0.5, 0.6) is 0 Å². The SMILES string of the molecule is Cc1cc(C)n([C@H](C)C(=O)N[C@H]2CCCN(c3ccccc3)C2=O)n1. The van der Waals surface area contributed by atoms with Crippen LogP contribution in [0.4, 0.5) is 5.69 Å². The summed E-state index contributed by atoms with van der Waals surface area (Å²) in [6, 6.07) is 10.6. The van der Waals surface area contributed by atoms with Crippen molar-refractivity contribution in [3.05, 3.63) is 47.8 Å². The maximum absolute atomic E-state index is 12.8. The topological polar surface area (TPSA) is 67.2 Å². The first-order chi connectivity index (χ1) is 12.0. The monoisotopic (exact) mass is 340 g/mol. The smallest absolute Gasteiger partial charge is 0.249 e. The third kappa shape index (κ3) is 3.57. The van der Waals surface area contributed by atoms with Gasteiger partial charge in [-0.25, -0.2) is 0 Å². The second-order valence-electron chi connectivity index (χ2n) is 6.58. The number of amides is 2. The largest absolute Gasteiger partial charge is 0.342 e. The molecule has 1 aliphatic heterocycles. The summed E-state index contributed by atoms with van der Waals surface area (Å²) in [7, 11) is 0. The average Bonchev–Trinajstić information content (AvgIpc) is 2.95. The summed E-state index contributed by atoms with van der Waals surface area (Å²) < 4.78 is 1.70. The van der Waals surface area contributed by atoms with E-state index < -0.39 is 12.1 Å². The molecule has 6 heteroatoms. The van der Waals surface area contributed by atoms with Crippen LogP contribution in [0.3, 0.4) is 0 Å². The van der Waals surface area contributed by atoms with Gasteiger partial charge in [0.15, 0.2) is 0 Å². The summed E-state index contributed by atoms with van der Waals surface area (Å²) in [5.74, 6) is -0.231. The molecular formula is C19H24N4O2. The lowest BCUT2D eigenvalue weighted by molar-refractivity contribution is -0.130. The zero-order valence-corrected chi connectivity index (χ0v) is 14.9. The highest BCUT2D eigenvalue weighted by atomic mass is 16.2. The average molecular weight is 340 g/mol. The molecule has 1 N–H and O–H groups in total. The molecule has 2 amide bonds. The Kier molecular flexibility index (Phi) is 4.88. The number of para-hydroxylation sites is 1. The van der Waals surface area contributed by atoms with Gasteiger partial charge in [0.05, 0.1) is 5.69 Å². The van der Waals surface area contributed by atoms with E-state index in [1.54, 1.807) is 16.5 Å². The third-order valence-electron chi connectivity index (χ3n) is 4.61. The van der Waals surface area contributed by atoms with Gasteiger partial charge in [-0.2, -0.15) is 5.10 Å². The van der Waals surface area contributed by atoms with E-state index in [9.17, 15) is 9.59 Å². The molecule has 0 unspecified atom stereocenters. The van der Waals surface area contributed by atoms with Gasteiger partial charge in [-0.05, 0) is 51.8 Å². The van der Waals surface area contributed by atoms with E-state index in [-0.39, 0.29) is 11.8 Å². The Morgan fingerprint density at radius 2 is 2.00 bits per heavy atom. The summed E-state index contributed by atoms with van der Waals surface area (Å²) in [5, 5.41) is 7.28. The van der Waals surface area contributed by atoms with Gasteiger partial charge in [0.2, 0.25) is 11.8 Å². The maximum Gasteiger partial charge on any atom is 0.249 e. The summed E-state index contributed by atoms with van der Waals surface area (Å²) >= 11 is 0. The van der Waals surface area contributed by atoms with Crippen molar-refractivity contribution in [2.24, 2.45) is 0 Å². The zero-order valence-electron chi connectivity index (χ0n) is 14.9. The summed E-state index contributed by atoms with van der Waals surface area (Å²) in [4.78, 5) is 27.2. The molecule has 1 aromatic carbocycles. The Balaban J connectivity index is 1.70. The molecule has 132 valence electrons. The number of nitrogens with zero attached hydrogens (tertiary/aromatic N) is 3. The minimum absolute atomic E-state index is 0.0497. The lowest BCUT2D eigenvalue weighted by atomic mass is 10.0. The fourth-order valence-electron chi connectivity index (χ4n) is 3.32. The number of carbonyl (C=O) groups excluding carboxylic acids is 2. The molecule has 0 radical (unpaired) electrons. The summed E-state index contributed by atoms with van der Waals surface area (Å²) in [6.45, 7) is 6.31. The summed E-state index contributed by atoms with van der Waals surface area (Å²) in [5.41, 5.74) is 2.68. The molecule has 1 saturated heterocycles. The van der Waals surface area contributed by atoms with Gasteiger partial charge >= 0.3 is 0 Å². The number of benzene rings is 1. The van der Waals surface area contributed by atoms with Crippen LogP contribution in [-0.2, 0) is 9.59 Å². The standard InChI is InChI=1S/C19H24N4O2/c1-13-12-14(2)23(21-13)15(3)18(24)20-17-10-7-11-22(19(17)25)16-8-5-4-6-9-16/h4-6,8-9,12,15,17H,7,10-11H2,1-3H3,(H,20,24)/t15-,17+/m1/s1. The van der Waals surface area contributed by atoms with Crippen LogP contribution in [0, 0.1) is 13.8 Å². The Labute approximate surface area is 147 Å². The fourth-order valence-corrected chi connectivity index (χ4v) is 3.32. The molecule has 1 aromatic heterocycles. The lowest BCUT2D eigenvalue weighted by Crippen LogP contribution is -2.53. The molecule has 2 heterocycles. The van der Waals surface area contributed by atoms with E-state index >= 15 is 0 Å². The van der Waals surface area contributed by atoms with Crippen LogP contribution in [0.25, 0.3) is 0 Å². The Bertz CT molecular complexity index is 769. The van der Waals surface area contributed by atoms with Gasteiger partial charge in [0, 0.05) is 17.9 Å². The predicted molar refractivity (Wildman–Crippen MR) is 96.4 cm³/mol. The van der Waals surface area contributed by atoms with Crippen LogP contribution in [0.1, 0.15) is 37.2 Å². The van der Waals surface area contributed by atoms with Gasteiger partial charge in [0.25, 0.3) is 0 Å². The van der Waals surface area contributed by atoms with Gasteiger partial charge in [-0.3, -0.25) is 14.3 Å². The molecule has 1 fully saturated rings. The third-order valence-corrected chi connectivity index (χ3v) is 4.61. The second-order valence-corrected chi connectivity index (χ2v) is 6.58. The summed E-state index contributed by atoms with van der Waals surface area (Å²) in [6.07, 6.45) is 1.53. The molecule has 0 spiro atoms. The fraction of sp³-hybridized carbons (Fsp3) is 0.421. The maximum atomic E-state index is 12.8. The molecular weight excluding hydrogens is 316 g/mol. The van der Waals surface area contributed by atoms with E-state index in [2.05, 4.69) is 10.4 Å². The Morgan fingerprint density at radius 1 is 1.28 bits per heavy atom. The minimum atomic E-state index is -0.485. The van der Waals surface area contributed by atoms with Crippen molar-refractivity contribution in [2.45, 2.75) is 45.7 Å². The van der Waals surface area contributed by atoms with Crippen LogP contribution < -0.4 is 10.2 Å². The molecule has 2 atom stereocenters. The van der Waals surface area contributed by atoms with Gasteiger partial charge < -0.3 is 10.2 Å². The van der Waals surface area contributed by atoms with Crippen molar-refractivity contribution in [3.8, 4) is 0 Å². The number of carbonyl (C=O) groups is 2. The van der Waals surface area contributed by atoms with Crippen LogP contribution in [0.2, 0.25) is 0 Å². The van der Waals surface area contributed by atoms with Crippen molar-refractivity contribution < 1.29 is 9.59 Å². The normalized spacial score (nSPS) is 18.9. The van der Waals surface area contributed by atoms with Crippen molar-refractivity contribution in [2.75, 3.05) is 11.4 Å². The highest BCUT2D eigenvalue weighted by Crippen LogP contribution is 2.21. The van der Waals surface area contributed by atoms with Gasteiger partial charge in [-0.1, -0.05) is 18.2 Å². The molecule has 2 aromatic rings. The van der Waals surface area contributed by atoms with Crippen molar-refractivity contribution in [1.82, 2.24) is 15.1 Å². The lowest BCUT2D eigenvalue weighted by Gasteiger charge is -2.33. The Hall–Kier alpha value is -2.63. The number of hydrogen-bond acceptors (Lipinski definition) is 3. The number of nitrogens with one attached hydrogen (secondary N) is 1. The van der Waals surface area contributed by atoms with Gasteiger partial charge in [0.1, 0.15) is 12.1 Å². The van der Waals surface area contributed by atoms with Crippen molar-refractivity contribution in [3.63, 3.8) is 0 Å². The molecule has 3 rings (SSSR count). The van der Waals surface area contributed by atoms with Gasteiger partial charge in [-0.15, -0.1) is 0 Å². The number of aryl methyl sites for hydroxylation is 2. The first-order valence-electron chi connectivity index (χ1n) is 8.67. The highest BCUT2D eigenvalue weighted by Gasteiger charge is 2.32. The number of hydrogen-bond donors (Lipinski definition) is 1. The highest BCUT2D eigenvalue weighted by molar-refractivity contribution is 6.00. The molecule has 0 aliphatic carbocycles. The van der Waals surface area contributed by atoms with E-state index in [1.807, 2.05) is 50.2 Å². The number of piperidine rings is 1.